The van der Waals surface area contributed by atoms with Crippen LogP contribution in [-0.2, 0) is 0 Å². The zero-order valence-corrected chi connectivity index (χ0v) is 10.7. The van der Waals surface area contributed by atoms with Crippen molar-refractivity contribution in [2.24, 2.45) is 0 Å². The van der Waals surface area contributed by atoms with Crippen LogP contribution in [0.3, 0.4) is 0 Å². The molecule has 0 aliphatic carbocycles. The van der Waals surface area contributed by atoms with E-state index in [9.17, 15) is 4.79 Å². The Bertz CT molecular complexity index is 409. The molecule has 0 radical (unpaired) electrons. The molecule has 0 atom stereocenters. The van der Waals surface area contributed by atoms with Crippen LogP contribution in [0.4, 0.5) is 0 Å². The first-order valence-corrected chi connectivity index (χ1v) is 5.77. The molecule has 1 rings (SSSR count). The van der Waals surface area contributed by atoms with Crippen molar-refractivity contribution in [2.45, 2.75) is 13.8 Å². The highest BCUT2D eigenvalue weighted by molar-refractivity contribution is 5.97. The number of carbonyl (C=O) groups excluding carboxylic acids is 1. The van der Waals surface area contributed by atoms with Crippen LogP contribution in [0, 0.1) is 0 Å². The molecule has 1 aromatic carbocycles. The van der Waals surface area contributed by atoms with Crippen LogP contribution >= 0.6 is 0 Å². The molecule has 0 aromatic heterocycles. The maximum Gasteiger partial charge on any atom is 0.257 e. The summed E-state index contributed by atoms with van der Waals surface area (Å²) in [7, 11) is 1.57. The number of amides is 1. The molecule has 0 N–H and O–H groups in total. The molecule has 0 bridgehead atoms. The Morgan fingerprint density at radius 2 is 2.06 bits per heavy atom. The Morgan fingerprint density at radius 1 is 1.41 bits per heavy atom. The predicted molar refractivity (Wildman–Crippen MR) is 70.3 cm³/mol. The summed E-state index contributed by atoms with van der Waals surface area (Å²) in [6, 6.07) is 5.48. The molecule has 1 aromatic rings. The van der Waals surface area contributed by atoms with Gasteiger partial charge in [-0.25, -0.2) is 0 Å². The first-order chi connectivity index (χ1) is 8.17. The van der Waals surface area contributed by atoms with Crippen molar-refractivity contribution in [3.63, 3.8) is 0 Å². The highest BCUT2D eigenvalue weighted by Crippen LogP contribution is 2.22. The van der Waals surface area contributed by atoms with E-state index in [4.69, 9.17) is 4.74 Å². The number of nitrogens with zero attached hydrogens (tertiary/aromatic N) is 1. The van der Waals surface area contributed by atoms with Gasteiger partial charge in [0.05, 0.1) is 12.7 Å². The van der Waals surface area contributed by atoms with Crippen LogP contribution in [0.2, 0.25) is 0 Å². The number of benzene rings is 1. The average molecular weight is 233 g/mol. The second-order valence-electron chi connectivity index (χ2n) is 3.64. The Labute approximate surface area is 103 Å². The summed E-state index contributed by atoms with van der Waals surface area (Å²) in [5, 5.41) is 0. The van der Waals surface area contributed by atoms with Gasteiger partial charge in [0.25, 0.3) is 5.91 Å². The van der Waals surface area contributed by atoms with Crippen molar-refractivity contribution in [1.29, 1.82) is 0 Å². The minimum Gasteiger partial charge on any atom is -0.496 e. The molecular formula is C14H19NO2. The van der Waals surface area contributed by atoms with E-state index in [1.807, 2.05) is 26.0 Å². The number of carbonyl (C=O) groups is 1. The molecule has 0 heterocycles. The summed E-state index contributed by atoms with van der Waals surface area (Å²) in [5.74, 6) is 0.599. The van der Waals surface area contributed by atoms with Gasteiger partial charge in [-0.2, -0.15) is 0 Å². The molecule has 92 valence electrons. The average Bonchev–Trinajstić information content (AvgIpc) is 2.39. The molecule has 0 fully saturated rings. The highest BCUT2D eigenvalue weighted by atomic mass is 16.5. The van der Waals surface area contributed by atoms with Gasteiger partial charge < -0.3 is 9.64 Å². The van der Waals surface area contributed by atoms with Crippen LogP contribution in [0.5, 0.6) is 5.75 Å². The number of ether oxygens (including phenoxy) is 1. The summed E-state index contributed by atoms with van der Waals surface area (Å²) < 4.78 is 5.25. The van der Waals surface area contributed by atoms with Gasteiger partial charge in [-0.15, -0.1) is 0 Å². The third-order valence-corrected chi connectivity index (χ3v) is 2.74. The molecule has 0 saturated carbocycles. The van der Waals surface area contributed by atoms with Crippen molar-refractivity contribution in [2.75, 3.05) is 20.2 Å². The molecule has 0 aliphatic rings. The van der Waals surface area contributed by atoms with Gasteiger partial charge in [0.2, 0.25) is 0 Å². The molecular weight excluding hydrogens is 214 g/mol. The Kier molecular flexibility index (Phi) is 4.76. The zero-order chi connectivity index (χ0) is 12.8. The van der Waals surface area contributed by atoms with Gasteiger partial charge in [0.15, 0.2) is 0 Å². The minimum absolute atomic E-state index is 0.00228. The van der Waals surface area contributed by atoms with E-state index in [2.05, 4.69) is 6.58 Å². The third-order valence-electron chi connectivity index (χ3n) is 2.74. The molecule has 17 heavy (non-hydrogen) atoms. The lowest BCUT2D eigenvalue weighted by Gasteiger charge is -2.20. The number of rotatable bonds is 5. The van der Waals surface area contributed by atoms with Gasteiger partial charge >= 0.3 is 0 Å². The van der Waals surface area contributed by atoms with E-state index in [0.29, 0.717) is 24.4 Å². The van der Waals surface area contributed by atoms with Gasteiger partial charge in [0.1, 0.15) is 5.75 Å². The third kappa shape index (κ3) is 2.87. The van der Waals surface area contributed by atoms with Crippen molar-refractivity contribution in [3.05, 3.63) is 35.9 Å². The first kappa shape index (κ1) is 13.3. The van der Waals surface area contributed by atoms with E-state index in [-0.39, 0.29) is 5.91 Å². The second-order valence-corrected chi connectivity index (χ2v) is 3.64. The van der Waals surface area contributed by atoms with Gasteiger partial charge in [-0.05, 0) is 31.5 Å². The molecule has 1 amide bonds. The fourth-order valence-corrected chi connectivity index (χ4v) is 1.69. The Balaban J connectivity index is 3.12. The summed E-state index contributed by atoms with van der Waals surface area (Å²) in [4.78, 5) is 14.0. The van der Waals surface area contributed by atoms with E-state index < -0.39 is 0 Å². The van der Waals surface area contributed by atoms with Gasteiger partial charge in [-0.3, -0.25) is 4.79 Å². The lowest BCUT2D eigenvalue weighted by Crippen LogP contribution is -2.30. The molecule has 3 nitrogen and oxygen atoms in total. The van der Waals surface area contributed by atoms with Crippen molar-refractivity contribution >= 4 is 12.0 Å². The van der Waals surface area contributed by atoms with E-state index in [1.54, 1.807) is 24.2 Å². The Hall–Kier alpha value is -1.77. The predicted octanol–water partition coefficient (Wildman–Crippen LogP) is 2.82. The zero-order valence-electron chi connectivity index (χ0n) is 10.7. The van der Waals surface area contributed by atoms with Gasteiger partial charge in [0, 0.05) is 13.1 Å². The van der Waals surface area contributed by atoms with Crippen LogP contribution in [0.25, 0.3) is 6.08 Å². The highest BCUT2D eigenvalue weighted by Gasteiger charge is 2.16. The lowest BCUT2D eigenvalue weighted by atomic mass is 10.1. The number of methoxy groups -OCH3 is 1. The summed E-state index contributed by atoms with van der Waals surface area (Å²) in [5.41, 5.74) is 1.54. The maximum atomic E-state index is 12.2. The first-order valence-electron chi connectivity index (χ1n) is 5.77. The fraction of sp³-hybridized carbons (Fsp3) is 0.357. The number of hydrogen-bond acceptors (Lipinski definition) is 2. The molecule has 0 aliphatic heterocycles. The maximum absolute atomic E-state index is 12.2. The van der Waals surface area contributed by atoms with Crippen LogP contribution in [0.1, 0.15) is 29.8 Å². The van der Waals surface area contributed by atoms with Crippen LogP contribution in [0.15, 0.2) is 24.8 Å². The van der Waals surface area contributed by atoms with Crippen molar-refractivity contribution in [3.8, 4) is 5.75 Å². The largest absolute Gasteiger partial charge is 0.496 e. The lowest BCUT2D eigenvalue weighted by molar-refractivity contribution is 0.0769. The smallest absolute Gasteiger partial charge is 0.257 e. The van der Waals surface area contributed by atoms with Crippen LogP contribution < -0.4 is 4.74 Å². The van der Waals surface area contributed by atoms with Crippen molar-refractivity contribution < 1.29 is 9.53 Å². The summed E-state index contributed by atoms with van der Waals surface area (Å²) in [6.07, 6.45) is 1.73. The number of hydrogen-bond donors (Lipinski definition) is 0. The van der Waals surface area contributed by atoms with E-state index in [1.165, 1.54) is 0 Å². The normalized spacial score (nSPS) is 9.82. The van der Waals surface area contributed by atoms with E-state index >= 15 is 0 Å². The standard InChI is InChI=1S/C14H19NO2/c1-5-11-8-9-12(13(10-11)17-4)14(16)15(6-2)7-3/h5,8-10H,1,6-7H2,2-4H3. The molecule has 0 saturated heterocycles. The summed E-state index contributed by atoms with van der Waals surface area (Å²) in [6.45, 7) is 9.02. The SMILES string of the molecule is C=Cc1ccc(C(=O)N(CC)CC)c(OC)c1. The van der Waals surface area contributed by atoms with E-state index in [0.717, 1.165) is 5.56 Å². The monoisotopic (exact) mass is 233 g/mol. The van der Waals surface area contributed by atoms with Gasteiger partial charge in [-0.1, -0.05) is 18.7 Å². The molecule has 0 unspecified atom stereocenters. The minimum atomic E-state index is 0.00228. The topological polar surface area (TPSA) is 29.5 Å². The summed E-state index contributed by atoms with van der Waals surface area (Å²) >= 11 is 0. The fourth-order valence-electron chi connectivity index (χ4n) is 1.69. The molecule has 3 heteroatoms. The van der Waals surface area contributed by atoms with Crippen LogP contribution in [-0.4, -0.2) is 31.0 Å². The molecule has 0 spiro atoms. The van der Waals surface area contributed by atoms with Crippen molar-refractivity contribution in [1.82, 2.24) is 4.90 Å². The Morgan fingerprint density at radius 3 is 2.53 bits per heavy atom. The second kappa shape index (κ2) is 6.09. The quantitative estimate of drug-likeness (QED) is 0.782.